The first-order valence-corrected chi connectivity index (χ1v) is 13.6. The minimum atomic E-state index is -5.06. The fraction of sp³-hybridized carbons (Fsp3) is 0.750. The zero-order valence-corrected chi connectivity index (χ0v) is 23.1. The molecule has 10 heteroatoms. The average Bonchev–Trinajstić information content (AvgIpc) is 3.11. The first kappa shape index (κ1) is 29.2. The van der Waals surface area contributed by atoms with Crippen LogP contribution in [-0.4, -0.2) is 72.0 Å². The van der Waals surface area contributed by atoms with E-state index in [2.05, 4.69) is 22.6 Å². The van der Waals surface area contributed by atoms with E-state index in [0.717, 1.165) is 29.7 Å². The number of carbonyl (C=O) groups is 1. The molecule has 2 N–H and O–H groups in total. The Morgan fingerprint density at radius 2 is 1.76 bits per heavy atom. The van der Waals surface area contributed by atoms with Crippen LogP contribution in [0.4, 0.5) is 22.0 Å². The summed E-state index contributed by atoms with van der Waals surface area (Å²) >= 11 is 0. The summed E-state index contributed by atoms with van der Waals surface area (Å²) < 4.78 is 67.8. The Labute approximate surface area is 222 Å². The number of halogens is 5. The standard InChI is InChI=1S/C28H41F5N4O/c1-7-17-9-8-16(10-21(17)29)14-36(5)22-13-20(18-11-19(22)12-18)24-34-23(26(2,3)35-24)25(38)37(6)15-27(4,30)28(31,32)33/h8-10,18-20,22-24,34-35H,7,11-15H2,1-6H3/t18?,19?,20-,22?,23-,24?,27?/m0/s1. The molecule has 1 aromatic carbocycles. The van der Waals surface area contributed by atoms with E-state index in [1.54, 1.807) is 6.07 Å². The normalized spacial score (nSPS) is 32.1. The predicted molar refractivity (Wildman–Crippen MR) is 136 cm³/mol. The minimum Gasteiger partial charge on any atom is -0.341 e. The summed E-state index contributed by atoms with van der Waals surface area (Å²) in [5.74, 6) is 0.567. The molecule has 5 atom stereocenters. The molecule has 3 saturated carbocycles. The van der Waals surface area contributed by atoms with Gasteiger partial charge in [0.1, 0.15) is 11.9 Å². The smallest absolute Gasteiger partial charge is 0.341 e. The van der Waals surface area contributed by atoms with Crippen LogP contribution >= 0.6 is 0 Å². The number of benzene rings is 1. The number of nitrogens with one attached hydrogen (secondary N) is 2. The third-order valence-electron chi connectivity index (χ3n) is 9.14. The minimum absolute atomic E-state index is 0.172. The van der Waals surface area contributed by atoms with Gasteiger partial charge in [-0.05, 0) is 88.4 Å². The Kier molecular flexibility index (Phi) is 7.93. The molecule has 1 heterocycles. The molecule has 3 aliphatic carbocycles. The number of likely N-dealkylation sites (N-methyl/N-ethyl adjacent to an activating group) is 1. The lowest BCUT2D eigenvalue weighted by molar-refractivity contribution is -0.227. The van der Waals surface area contributed by atoms with Gasteiger partial charge >= 0.3 is 6.18 Å². The predicted octanol–water partition coefficient (Wildman–Crippen LogP) is 4.65. The topological polar surface area (TPSA) is 47.6 Å². The molecule has 2 bridgehead atoms. The van der Waals surface area contributed by atoms with Crippen LogP contribution < -0.4 is 10.6 Å². The molecule has 1 aromatic rings. The van der Waals surface area contributed by atoms with Gasteiger partial charge in [-0.25, -0.2) is 8.78 Å². The Morgan fingerprint density at radius 1 is 1.11 bits per heavy atom. The maximum absolute atomic E-state index is 14.3. The Balaban J connectivity index is 1.41. The van der Waals surface area contributed by atoms with Gasteiger partial charge in [-0.15, -0.1) is 0 Å². The summed E-state index contributed by atoms with van der Waals surface area (Å²) in [5, 5.41) is 6.89. The van der Waals surface area contributed by atoms with Crippen molar-refractivity contribution in [2.45, 2.75) is 95.6 Å². The van der Waals surface area contributed by atoms with Crippen molar-refractivity contribution in [1.82, 2.24) is 20.4 Å². The van der Waals surface area contributed by atoms with E-state index >= 15 is 0 Å². The van der Waals surface area contributed by atoms with Crippen molar-refractivity contribution in [2.75, 3.05) is 20.6 Å². The first-order valence-electron chi connectivity index (χ1n) is 13.6. The van der Waals surface area contributed by atoms with E-state index in [1.165, 1.54) is 7.05 Å². The van der Waals surface area contributed by atoms with Crippen molar-refractivity contribution in [3.05, 3.63) is 35.1 Å². The lowest BCUT2D eigenvalue weighted by Gasteiger charge is -2.55. The zero-order chi connectivity index (χ0) is 28.2. The van der Waals surface area contributed by atoms with Crippen molar-refractivity contribution in [1.29, 1.82) is 0 Å². The van der Waals surface area contributed by atoms with Gasteiger partial charge in [0.2, 0.25) is 11.6 Å². The molecule has 38 heavy (non-hydrogen) atoms. The van der Waals surface area contributed by atoms with E-state index in [0.29, 0.717) is 43.3 Å². The van der Waals surface area contributed by atoms with Crippen molar-refractivity contribution in [3.63, 3.8) is 0 Å². The number of hydrogen-bond acceptors (Lipinski definition) is 4. The van der Waals surface area contributed by atoms with E-state index in [1.807, 2.05) is 32.9 Å². The number of fused-ring (bicyclic) bond motifs is 2. The molecule has 1 saturated heterocycles. The van der Waals surface area contributed by atoms with Crippen molar-refractivity contribution in [3.8, 4) is 0 Å². The summed E-state index contributed by atoms with van der Waals surface area (Å²) in [6, 6.07) is 4.98. The van der Waals surface area contributed by atoms with E-state index < -0.39 is 35.9 Å². The highest BCUT2D eigenvalue weighted by molar-refractivity contribution is 5.83. The summed E-state index contributed by atoms with van der Waals surface area (Å²) in [7, 11) is 3.29. The largest absolute Gasteiger partial charge is 0.423 e. The zero-order valence-electron chi connectivity index (χ0n) is 23.1. The van der Waals surface area contributed by atoms with Crippen molar-refractivity contribution < 1.29 is 26.7 Å². The van der Waals surface area contributed by atoms with E-state index in [-0.39, 0.29) is 17.9 Å². The van der Waals surface area contributed by atoms with Gasteiger partial charge in [-0.1, -0.05) is 19.1 Å². The van der Waals surface area contributed by atoms with E-state index in [9.17, 15) is 26.7 Å². The lowest BCUT2D eigenvalue weighted by Crippen LogP contribution is -2.58. The van der Waals surface area contributed by atoms with E-state index in [4.69, 9.17) is 0 Å². The molecule has 4 aliphatic rings. The van der Waals surface area contributed by atoms with Crippen LogP contribution in [0.5, 0.6) is 0 Å². The molecule has 0 aromatic heterocycles. The maximum atomic E-state index is 14.3. The summed E-state index contributed by atoms with van der Waals surface area (Å²) in [4.78, 5) is 16.3. The highest BCUT2D eigenvalue weighted by atomic mass is 19.4. The van der Waals surface area contributed by atoms with Crippen LogP contribution in [0.25, 0.3) is 0 Å². The highest BCUT2D eigenvalue weighted by Gasteiger charge is 2.56. The van der Waals surface area contributed by atoms with Gasteiger partial charge in [0.05, 0.1) is 12.7 Å². The number of nitrogens with zero attached hydrogens (tertiary/aromatic N) is 2. The van der Waals surface area contributed by atoms with Crippen LogP contribution in [0.1, 0.15) is 58.1 Å². The molecule has 0 spiro atoms. The number of hydrogen-bond donors (Lipinski definition) is 2. The fourth-order valence-corrected chi connectivity index (χ4v) is 6.72. The molecule has 4 fully saturated rings. The quantitative estimate of drug-likeness (QED) is 0.468. The van der Waals surface area contributed by atoms with Gasteiger partial charge in [0.15, 0.2) is 0 Å². The van der Waals surface area contributed by atoms with Gasteiger partial charge in [0.25, 0.3) is 0 Å². The second-order valence-electron chi connectivity index (χ2n) is 12.5. The second kappa shape index (κ2) is 10.3. The molecular weight excluding hydrogens is 503 g/mol. The first-order chi connectivity index (χ1) is 17.5. The molecule has 5 rings (SSSR count). The van der Waals surface area contributed by atoms with Crippen LogP contribution in [0.2, 0.25) is 0 Å². The molecule has 5 nitrogen and oxygen atoms in total. The van der Waals surface area contributed by atoms with Gasteiger partial charge in [-0.2, -0.15) is 13.2 Å². The molecule has 1 amide bonds. The number of aryl methyl sites for hydroxylation is 1. The Hall–Kier alpha value is -1.78. The van der Waals surface area contributed by atoms with Gasteiger partial charge < -0.3 is 4.90 Å². The van der Waals surface area contributed by atoms with Crippen LogP contribution in [0.15, 0.2) is 18.2 Å². The summed E-state index contributed by atoms with van der Waals surface area (Å²) in [5.41, 5.74) is -2.57. The Morgan fingerprint density at radius 3 is 2.34 bits per heavy atom. The van der Waals surface area contributed by atoms with Crippen molar-refractivity contribution >= 4 is 5.91 Å². The molecule has 3 unspecified atom stereocenters. The number of alkyl halides is 4. The maximum Gasteiger partial charge on any atom is 0.423 e. The molecular formula is C28H41F5N4O. The monoisotopic (exact) mass is 544 g/mol. The number of amides is 1. The van der Waals surface area contributed by atoms with Crippen molar-refractivity contribution in [2.24, 2.45) is 17.8 Å². The van der Waals surface area contributed by atoms with Crippen LogP contribution in [0.3, 0.4) is 0 Å². The highest BCUT2D eigenvalue weighted by Crippen LogP contribution is 2.52. The molecule has 1 aliphatic heterocycles. The second-order valence-corrected chi connectivity index (χ2v) is 12.5. The number of rotatable bonds is 8. The molecule has 214 valence electrons. The van der Waals surface area contributed by atoms with Crippen LogP contribution in [-0.2, 0) is 17.8 Å². The summed E-state index contributed by atoms with van der Waals surface area (Å²) in [6.45, 7) is 5.67. The van der Waals surface area contributed by atoms with Crippen LogP contribution in [0, 0.1) is 23.6 Å². The molecule has 0 radical (unpaired) electrons. The van der Waals surface area contributed by atoms with Gasteiger partial charge in [-0.3, -0.25) is 20.3 Å². The summed E-state index contributed by atoms with van der Waals surface area (Å²) in [6.07, 6.45) is -1.54. The fourth-order valence-electron chi connectivity index (χ4n) is 6.72. The van der Waals surface area contributed by atoms with Gasteiger partial charge in [0, 0.05) is 25.2 Å². The third kappa shape index (κ3) is 5.59. The third-order valence-corrected chi connectivity index (χ3v) is 9.14. The average molecular weight is 545 g/mol. The Bertz CT molecular complexity index is 1020. The number of carbonyl (C=O) groups excluding carboxylic acids is 1. The SMILES string of the molecule is CCc1ccc(CN(C)C2C[C@H](C3N[C@@H](C(=O)N(C)CC(C)(F)C(F)(F)F)C(C)(C)N3)C3CC2C3)cc1F. The lowest BCUT2D eigenvalue weighted by atomic mass is 9.56.